The fraction of sp³-hybridized carbons (Fsp3) is 0.235. The first kappa shape index (κ1) is 17.2. The lowest BCUT2D eigenvalue weighted by Gasteiger charge is -2.39. The first-order valence-corrected chi connectivity index (χ1v) is 8.56. The zero-order valence-corrected chi connectivity index (χ0v) is 14.9. The summed E-state index contributed by atoms with van der Waals surface area (Å²) in [4.78, 5) is 14.4. The molecule has 0 bridgehead atoms. The predicted molar refractivity (Wildman–Crippen MR) is 98.2 cm³/mol. The molecule has 8 heteroatoms. The summed E-state index contributed by atoms with van der Waals surface area (Å²) in [6.45, 7) is 1.90. The van der Waals surface area contributed by atoms with Gasteiger partial charge in [0.15, 0.2) is 5.96 Å². The lowest BCUT2D eigenvalue weighted by atomic mass is 9.81. The minimum atomic E-state index is -0.661. The summed E-state index contributed by atoms with van der Waals surface area (Å²) in [5, 5.41) is 22.1. The minimum absolute atomic E-state index is 0.00485. The van der Waals surface area contributed by atoms with E-state index in [-0.39, 0.29) is 23.9 Å². The molecule has 2 aromatic rings. The van der Waals surface area contributed by atoms with Gasteiger partial charge in [-0.2, -0.15) is 5.26 Å². The second-order valence-electron chi connectivity index (χ2n) is 6.35. The Labute approximate surface area is 150 Å². The molecular weight excluding hydrogens is 338 g/mol. The Morgan fingerprint density at radius 3 is 2.88 bits per heavy atom. The quantitative estimate of drug-likeness (QED) is 0.798. The summed E-state index contributed by atoms with van der Waals surface area (Å²) < 4.78 is 13.6. The summed E-state index contributed by atoms with van der Waals surface area (Å²) in [6.07, 6.45) is 0.250. The first-order valence-electron chi connectivity index (χ1n) is 7.68. The van der Waals surface area contributed by atoms with Crippen molar-refractivity contribution in [3.8, 4) is 17.2 Å². The molecular formula is C17H16BFN4OS. The molecule has 1 amide bonds. The fourth-order valence-corrected chi connectivity index (χ4v) is 4.31. The molecule has 1 atom stereocenters. The van der Waals surface area contributed by atoms with Crippen LogP contribution in [0.1, 0.15) is 23.8 Å². The molecule has 0 unspecified atom stereocenters. The number of nitrogens with zero attached hydrogens (tertiary/aromatic N) is 2. The van der Waals surface area contributed by atoms with Crippen LogP contribution in [-0.4, -0.2) is 31.7 Å². The molecule has 2 N–H and O–H groups in total. The van der Waals surface area contributed by atoms with E-state index < -0.39 is 11.4 Å². The summed E-state index contributed by atoms with van der Waals surface area (Å²) in [5.41, 5.74) is 1.96. The van der Waals surface area contributed by atoms with Crippen molar-refractivity contribution in [1.82, 2.24) is 10.2 Å². The average molecular weight is 354 g/mol. The van der Waals surface area contributed by atoms with Crippen molar-refractivity contribution in [3.63, 3.8) is 0 Å². The number of benzene rings is 1. The molecule has 5 nitrogen and oxygen atoms in total. The zero-order valence-electron chi connectivity index (χ0n) is 14.1. The normalized spacial score (nSPS) is 20.3. The fourth-order valence-electron chi connectivity index (χ4n) is 3.10. The number of nitrogens with one attached hydrogen (secondary N) is 2. The monoisotopic (exact) mass is 354 g/mol. The number of carbonyl (C=O) groups is 1. The van der Waals surface area contributed by atoms with Gasteiger partial charge in [0.1, 0.15) is 19.7 Å². The number of nitriles is 1. The molecule has 25 heavy (non-hydrogen) atoms. The minimum Gasteiger partial charge on any atom is -0.346 e. The van der Waals surface area contributed by atoms with Crippen LogP contribution in [0.15, 0.2) is 23.6 Å². The van der Waals surface area contributed by atoms with Crippen molar-refractivity contribution < 1.29 is 9.18 Å². The maximum absolute atomic E-state index is 13.6. The van der Waals surface area contributed by atoms with E-state index in [1.165, 1.54) is 28.4 Å². The Hall–Kier alpha value is -2.66. The second kappa shape index (κ2) is 6.01. The van der Waals surface area contributed by atoms with Crippen molar-refractivity contribution in [2.24, 2.45) is 0 Å². The van der Waals surface area contributed by atoms with Gasteiger partial charge in [-0.25, -0.2) is 4.39 Å². The molecule has 1 saturated heterocycles. The standard InChI is InChI=1S/C17H16BFN4OS/c1-17(6-13(24)23(2)16(21)22-17)15-14(18)11(8-25-15)9-3-4-12(19)10(5-9)7-20/h3-5,8H,6,18H2,1-2H3,(H2,21,22)/t17-/m0/s1. The molecule has 2 heterocycles. The van der Waals surface area contributed by atoms with Crippen LogP contribution in [0.3, 0.4) is 0 Å². The molecule has 0 aliphatic carbocycles. The van der Waals surface area contributed by atoms with Crippen molar-refractivity contribution in [2.75, 3.05) is 7.05 Å². The van der Waals surface area contributed by atoms with E-state index in [9.17, 15) is 9.18 Å². The Morgan fingerprint density at radius 2 is 2.24 bits per heavy atom. The van der Waals surface area contributed by atoms with E-state index in [2.05, 4.69) is 5.32 Å². The highest BCUT2D eigenvalue weighted by Crippen LogP contribution is 2.34. The highest BCUT2D eigenvalue weighted by molar-refractivity contribution is 7.11. The zero-order chi connectivity index (χ0) is 18.4. The maximum atomic E-state index is 13.6. The summed E-state index contributed by atoms with van der Waals surface area (Å²) in [6, 6.07) is 6.33. The maximum Gasteiger partial charge on any atom is 0.231 e. The number of guanidine groups is 1. The lowest BCUT2D eigenvalue weighted by Crippen LogP contribution is -2.58. The number of thiophene rings is 1. The van der Waals surface area contributed by atoms with Gasteiger partial charge < -0.3 is 5.32 Å². The van der Waals surface area contributed by atoms with Crippen LogP contribution < -0.4 is 10.8 Å². The van der Waals surface area contributed by atoms with Gasteiger partial charge in [0.25, 0.3) is 0 Å². The van der Waals surface area contributed by atoms with Gasteiger partial charge >= 0.3 is 0 Å². The largest absolute Gasteiger partial charge is 0.346 e. The Kier molecular flexibility index (Phi) is 4.13. The number of rotatable bonds is 2. The summed E-state index contributed by atoms with van der Waals surface area (Å²) in [7, 11) is 3.52. The van der Waals surface area contributed by atoms with Gasteiger partial charge in [-0.3, -0.25) is 15.1 Å². The highest BCUT2D eigenvalue weighted by Gasteiger charge is 2.40. The third-order valence-electron chi connectivity index (χ3n) is 4.55. The molecule has 0 saturated carbocycles. The van der Waals surface area contributed by atoms with Gasteiger partial charge in [0.05, 0.1) is 17.5 Å². The van der Waals surface area contributed by atoms with E-state index in [0.717, 1.165) is 21.5 Å². The lowest BCUT2D eigenvalue weighted by molar-refractivity contribution is -0.129. The van der Waals surface area contributed by atoms with Crippen molar-refractivity contribution >= 4 is 36.5 Å². The molecule has 3 rings (SSSR count). The Morgan fingerprint density at radius 1 is 1.52 bits per heavy atom. The molecule has 1 aliphatic heterocycles. The molecule has 1 aromatic carbocycles. The molecule has 0 radical (unpaired) electrons. The predicted octanol–water partition coefficient (Wildman–Crippen LogP) is 1.29. The van der Waals surface area contributed by atoms with Crippen LogP contribution in [0.25, 0.3) is 11.1 Å². The summed E-state index contributed by atoms with van der Waals surface area (Å²) >= 11 is 1.49. The van der Waals surface area contributed by atoms with Gasteiger partial charge in [-0.05, 0) is 35.6 Å². The SMILES string of the molecule is Bc1c(-c2ccc(F)c(C#N)c2)csc1[C@]1(C)CC(=O)N(C)C(=N)N1. The van der Waals surface area contributed by atoms with Gasteiger partial charge in [0, 0.05) is 11.9 Å². The first-order chi connectivity index (χ1) is 11.8. The number of amides is 1. The van der Waals surface area contributed by atoms with E-state index in [0.29, 0.717) is 0 Å². The van der Waals surface area contributed by atoms with Gasteiger partial charge in [-0.1, -0.05) is 11.5 Å². The number of halogens is 1. The number of carbonyl (C=O) groups excluding carboxylic acids is 1. The van der Waals surface area contributed by atoms with Crippen LogP contribution in [0.2, 0.25) is 0 Å². The Balaban J connectivity index is 2.04. The smallest absolute Gasteiger partial charge is 0.231 e. The van der Waals surface area contributed by atoms with Crippen LogP contribution in [0.4, 0.5) is 4.39 Å². The number of hydrogen-bond donors (Lipinski definition) is 2. The third-order valence-corrected chi connectivity index (χ3v) is 5.89. The van der Waals surface area contributed by atoms with Crippen molar-refractivity contribution in [1.29, 1.82) is 10.7 Å². The van der Waals surface area contributed by atoms with Crippen molar-refractivity contribution in [2.45, 2.75) is 18.9 Å². The van der Waals surface area contributed by atoms with E-state index in [1.54, 1.807) is 13.1 Å². The summed E-state index contributed by atoms with van der Waals surface area (Å²) in [5.74, 6) is -0.585. The highest BCUT2D eigenvalue weighted by atomic mass is 32.1. The average Bonchev–Trinajstić information content (AvgIpc) is 2.95. The van der Waals surface area contributed by atoms with Crippen LogP contribution in [0.5, 0.6) is 0 Å². The van der Waals surface area contributed by atoms with Crippen LogP contribution in [-0.2, 0) is 10.3 Å². The van der Waals surface area contributed by atoms with E-state index >= 15 is 0 Å². The third kappa shape index (κ3) is 2.81. The van der Waals surface area contributed by atoms with Gasteiger partial charge in [0.2, 0.25) is 5.91 Å². The van der Waals surface area contributed by atoms with Crippen LogP contribution >= 0.6 is 11.3 Å². The van der Waals surface area contributed by atoms with E-state index in [1.807, 2.05) is 26.2 Å². The topological polar surface area (TPSA) is 80.0 Å². The molecule has 1 aromatic heterocycles. The number of hydrogen-bond acceptors (Lipinski definition) is 4. The molecule has 126 valence electrons. The molecule has 1 aliphatic rings. The van der Waals surface area contributed by atoms with Crippen LogP contribution in [0, 0.1) is 22.6 Å². The second-order valence-corrected chi connectivity index (χ2v) is 7.22. The van der Waals surface area contributed by atoms with E-state index in [4.69, 9.17) is 10.7 Å². The Bertz CT molecular complexity index is 915. The molecule has 0 spiro atoms. The van der Waals surface area contributed by atoms with Crippen molar-refractivity contribution in [3.05, 3.63) is 39.8 Å². The van der Waals surface area contributed by atoms with Gasteiger partial charge in [-0.15, -0.1) is 11.3 Å². The molecule has 1 fully saturated rings.